The standard InChI is InChI=1S/C21H27N7O14P2.C7H7Cl/c22-17-12-19(25-7-24-17)28(8-26-12)21-16(32)14(30)11(41-21)6-39-44(36,37)42-43(34,35)38-5-10-13(29)15(31)20(40-10)27-3-1-2-9(4-27)18(23)33;8-6-7-4-2-1-3-5-7/h1-4,7-8,10-11,13-16,20-21,29-32H,5-6H2,(H5-,22,23,24,25,33,34,35,36,37);1-5H,6H2/t10-,11-,13-,14-,15-,16-,20-,21-;/m1./s1. The number of pyridine rings is 1. The Morgan fingerprint density at radius 3 is 2.31 bits per heavy atom. The number of aliphatic hydroxyl groups is 4. The molecular formula is C28H34ClN7O14P2. The maximum absolute atomic E-state index is 12.4. The van der Waals surface area contributed by atoms with E-state index in [-0.39, 0.29) is 22.5 Å². The zero-order valence-electron chi connectivity index (χ0n) is 26.7. The molecule has 0 saturated carbocycles. The van der Waals surface area contributed by atoms with Crippen LogP contribution in [0.25, 0.3) is 11.2 Å². The van der Waals surface area contributed by atoms with E-state index in [1.165, 1.54) is 45.6 Å². The van der Waals surface area contributed by atoms with Gasteiger partial charge in [0, 0.05) is 11.9 Å². The number of hydrogen-bond acceptors (Lipinski definition) is 17. The first-order valence-electron chi connectivity index (χ1n) is 15.1. The first-order chi connectivity index (χ1) is 24.6. The van der Waals surface area contributed by atoms with Crippen molar-refractivity contribution in [3.63, 3.8) is 0 Å². The van der Waals surface area contributed by atoms with E-state index in [2.05, 4.69) is 28.3 Å². The third-order valence-corrected chi connectivity index (χ3v) is 10.6. The van der Waals surface area contributed by atoms with Gasteiger partial charge in [-0.1, -0.05) is 30.3 Å². The highest BCUT2D eigenvalue weighted by Gasteiger charge is 2.49. The number of amides is 1. The van der Waals surface area contributed by atoms with E-state index in [4.69, 9.17) is 32.5 Å². The van der Waals surface area contributed by atoms with Crippen LogP contribution in [-0.2, 0) is 37.8 Å². The number of aromatic nitrogens is 5. The fraction of sp³-hybridized carbons (Fsp3) is 0.393. The monoisotopic (exact) mass is 789 g/mol. The van der Waals surface area contributed by atoms with Crippen LogP contribution in [0.4, 0.5) is 5.82 Å². The molecule has 3 aromatic heterocycles. The SMILES string of the molecule is ClCc1ccccc1.NC(=O)c1ccc[n+]([C@@H]2O[C@H](COP(=O)([O-])OP(=O)(O)OC[C@H]3O[C@@H](n4cnc5c(N)ncnc54)[C@H](O)[C@@H]3O)[C@@H](O)[C@H]2O)c1. The fourth-order valence-electron chi connectivity index (χ4n) is 5.14. The molecule has 6 rings (SSSR count). The Hall–Kier alpha value is -3.50. The Labute approximate surface area is 299 Å². The molecule has 0 bridgehead atoms. The number of phosphoric ester groups is 2. The number of imidazole rings is 1. The molecule has 5 heterocycles. The second-order valence-electron chi connectivity index (χ2n) is 11.3. The number of carbonyl (C=O) groups is 1. The van der Waals surface area contributed by atoms with Crippen molar-refractivity contribution in [3.05, 3.63) is 78.6 Å². The Morgan fingerprint density at radius 1 is 0.962 bits per heavy atom. The maximum atomic E-state index is 12.4. The van der Waals surface area contributed by atoms with E-state index in [0.717, 1.165) is 6.33 Å². The molecule has 1 amide bonds. The molecule has 9 N–H and O–H groups in total. The number of anilines is 1. The number of rotatable bonds is 12. The summed E-state index contributed by atoms with van der Waals surface area (Å²) in [5, 5.41) is 41.6. The van der Waals surface area contributed by atoms with Gasteiger partial charge in [0.15, 0.2) is 36.2 Å². The molecule has 24 heteroatoms. The molecule has 0 aliphatic carbocycles. The number of fused-ring (bicyclic) bond motifs is 1. The summed E-state index contributed by atoms with van der Waals surface area (Å²) in [4.78, 5) is 45.5. The minimum absolute atomic E-state index is 0.0446. The molecule has 1 aromatic carbocycles. The molecule has 2 aliphatic heterocycles. The Morgan fingerprint density at radius 2 is 1.63 bits per heavy atom. The van der Waals surface area contributed by atoms with Gasteiger partial charge in [0.1, 0.15) is 47.9 Å². The van der Waals surface area contributed by atoms with Gasteiger partial charge in [-0.2, -0.15) is 4.57 Å². The number of primary amides is 1. The van der Waals surface area contributed by atoms with Gasteiger partial charge < -0.3 is 55.7 Å². The number of phosphoric acid groups is 2. The lowest BCUT2D eigenvalue weighted by molar-refractivity contribution is -0.765. The predicted molar refractivity (Wildman–Crippen MR) is 173 cm³/mol. The van der Waals surface area contributed by atoms with Crippen molar-refractivity contribution in [3.8, 4) is 0 Å². The van der Waals surface area contributed by atoms with Crippen LogP contribution in [0.15, 0.2) is 67.5 Å². The lowest BCUT2D eigenvalue weighted by Crippen LogP contribution is -2.46. The summed E-state index contributed by atoms with van der Waals surface area (Å²) in [7, 11) is -11.0. The number of benzene rings is 1. The molecule has 52 heavy (non-hydrogen) atoms. The molecule has 10 atom stereocenters. The summed E-state index contributed by atoms with van der Waals surface area (Å²) >= 11 is 5.53. The second kappa shape index (κ2) is 16.7. The second-order valence-corrected chi connectivity index (χ2v) is 14.6. The highest BCUT2D eigenvalue weighted by molar-refractivity contribution is 7.60. The summed E-state index contributed by atoms with van der Waals surface area (Å²) in [5.41, 5.74) is 12.6. The lowest BCUT2D eigenvalue weighted by Gasteiger charge is -2.26. The predicted octanol–water partition coefficient (Wildman–Crippen LogP) is -1.22. The number of aliphatic hydroxyl groups excluding tert-OH is 4. The minimum Gasteiger partial charge on any atom is -0.756 e. The molecular weight excluding hydrogens is 756 g/mol. The van der Waals surface area contributed by atoms with Crippen LogP contribution in [0.2, 0.25) is 0 Å². The van der Waals surface area contributed by atoms with Crippen molar-refractivity contribution < 1.29 is 71.5 Å². The maximum Gasteiger partial charge on any atom is 0.478 e. The number of carbonyl (C=O) groups excluding carboxylic acids is 1. The van der Waals surface area contributed by atoms with Gasteiger partial charge in [0.25, 0.3) is 20.0 Å². The third-order valence-electron chi connectivity index (χ3n) is 7.74. The van der Waals surface area contributed by atoms with Gasteiger partial charge in [0.05, 0.1) is 19.5 Å². The van der Waals surface area contributed by atoms with E-state index in [1.54, 1.807) is 0 Å². The van der Waals surface area contributed by atoms with Gasteiger partial charge in [-0.15, -0.1) is 11.6 Å². The summed E-state index contributed by atoms with van der Waals surface area (Å²) in [6.45, 7) is -1.89. The van der Waals surface area contributed by atoms with Crippen molar-refractivity contribution in [2.24, 2.45) is 5.73 Å². The number of halogens is 1. The van der Waals surface area contributed by atoms with Gasteiger partial charge in [-0.3, -0.25) is 18.5 Å². The van der Waals surface area contributed by atoms with Crippen molar-refractivity contribution in [2.45, 2.75) is 55.0 Å². The Bertz CT molecular complexity index is 1950. The highest BCUT2D eigenvalue weighted by atomic mass is 35.5. The number of alkyl halides is 1. The van der Waals surface area contributed by atoms with Crippen LogP contribution in [0.1, 0.15) is 28.4 Å². The first-order valence-corrected chi connectivity index (χ1v) is 18.6. The van der Waals surface area contributed by atoms with Gasteiger partial charge >= 0.3 is 7.82 Å². The van der Waals surface area contributed by atoms with Crippen molar-refractivity contribution in [1.82, 2.24) is 19.5 Å². The number of nitrogen functional groups attached to an aromatic ring is 1. The molecule has 282 valence electrons. The third kappa shape index (κ3) is 9.34. The first kappa shape index (κ1) is 39.7. The van der Waals surface area contributed by atoms with Crippen LogP contribution < -0.4 is 20.9 Å². The normalized spacial score (nSPS) is 28.1. The van der Waals surface area contributed by atoms with Gasteiger partial charge in [-0.25, -0.2) is 23.8 Å². The molecule has 2 fully saturated rings. The summed E-state index contributed by atoms with van der Waals surface area (Å²) < 4.78 is 51.5. The number of hydrogen-bond donors (Lipinski definition) is 7. The van der Waals surface area contributed by atoms with Crippen LogP contribution in [0.3, 0.4) is 0 Å². The lowest BCUT2D eigenvalue weighted by atomic mass is 10.1. The number of nitrogens with zero attached hydrogens (tertiary/aromatic N) is 5. The van der Waals surface area contributed by atoms with Gasteiger partial charge in [0.2, 0.25) is 0 Å². The van der Waals surface area contributed by atoms with E-state index >= 15 is 0 Å². The summed E-state index contributed by atoms with van der Waals surface area (Å²) in [5.74, 6) is -0.117. The average Bonchev–Trinajstić information content (AvgIpc) is 3.76. The van der Waals surface area contributed by atoms with Crippen LogP contribution in [-0.4, -0.2) is 101 Å². The van der Waals surface area contributed by atoms with E-state index < -0.39 is 83.8 Å². The van der Waals surface area contributed by atoms with Gasteiger partial charge in [-0.05, 0) is 11.6 Å². The summed E-state index contributed by atoms with van der Waals surface area (Å²) in [6, 6.07) is 12.8. The highest BCUT2D eigenvalue weighted by Crippen LogP contribution is 2.58. The molecule has 0 radical (unpaired) electrons. The zero-order chi connectivity index (χ0) is 37.8. The Kier molecular flexibility index (Phi) is 12.7. The van der Waals surface area contributed by atoms with Crippen molar-refractivity contribution >= 4 is 50.1 Å². The molecule has 2 aliphatic rings. The number of ether oxygens (including phenoxy) is 2. The van der Waals surface area contributed by atoms with Crippen molar-refractivity contribution in [1.29, 1.82) is 0 Å². The number of nitrogens with two attached hydrogens (primary N) is 2. The van der Waals surface area contributed by atoms with Crippen LogP contribution in [0, 0.1) is 0 Å². The summed E-state index contributed by atoms with van der Waals surface area (Å²) in [6.07, 6.45) is -7.05. The van der Waals surface area contributed by atoms with E-state index in [1.807, 2.05) is 30.3 Å². The van der Waals surface area contributed by atoms with Crippen LogP contribution >= 0.6 is 27.2 Å². The molecule has 4 aromatic rings. The quantitative estimate of drug-likeness (QED) is 0.0502. The minimum atomic E-state index is -5.62. The zero-order valence-corrected chi connectivity index (χ0v) is 29.2. The molecule has 0 spiro atoms. The molecule has 21 nitrogen and oxygen atoms in total. The fourth-order valence-corrected chi connectivity index (χ4v) is 7.37. The van der Waals surface area contributed by atoms with E-state index in [0.29, 0.717) is 5.88 Å². The largest absolute Gasteiger partial charge is 0.756 e. The Balaban J connectivity index is 0.000000577. The molecule has 2 saturated heterocycles. The average molecular weight is 790 g/mol. The van der Waals surface area contributed by atoms with E-state index in [9.17, 15) is 44.1 Å². The topological polar surface area (TPSA) is 321 Å². The van der Waals surface area contributed by atoms with Crippen LogP contribution in [0.5, 0.6) is 0 Å². The van der Waals surface area contributed by atoms with Crippen molar-refractivity contribution in [2.75, 3.05) is 18.9 Å². The molecule has 2 unspecified atom stereocenters. The smallest absolute Gasteiger partial charge is 0.478 e.